The Balaban J connectivity index is 2.07. The van der Waals surface area contributed by atoms with Gasteiger partial charge in [-0.05, 0) is 44.7 Å². The van der Waals surface area contributed by atoms with Crippen LogP contribution in [0.25, 0.3) is 0 Å². The summed E-state index contributed by atoms with van der Waals surface area (Å²) in [5, 5.41) is 0.332. The van der Waals surface area contributed by atoms with Gasteiger partial charge in [-0.15, -0.1) is 0 Å². The molecule has 1 saturated carbocycles. The molecular weight excluding hydrogens is 226 g/mol. The zero-order chi connectivity index (χ0) is 11.5. The topological polar surface area (TPSA) is 39.2 Å². The summed E-state index contributed by atoms with van der Waals surface area (Å²) in [6.45, 7) is 1.80. The van der Waals surface area contributed by atoms with Crippen LogP contribution in [0.5, 0.6) is 0 Å². The Morgan fingerprint density at radius 2 is 2.12 bits per heavy atom. The Morgan fingerprint density at radius 3 is 2.75 bits per heavy atom. The zero-order valence-corrected chi connectivity index (χ0v) is 9.96. The molecule has 0 atom stereocenters. The fourth-order valence-corrected chi connectivity index (χ4v) is 2.22. The van der Waals surface area contributed by atoms with Crippen molar-refractivity contribution in [2.45, 2.75) is 38.7 Å². The lowest BCUT2D eigenvalue weighted by atomic mass is 10.2. The summed E-state index contributed by atoms with van der Waals surface area (Å²) in [4.78, 5) is 15.8. The van der Waals surface area contributed by atoms with Gasteiger partial charge in [0.25, 0.3) is 0 Å². The van der Waals surface area contributed by atoms with Crippen molar-refractivity contribution in [3.05, 3.63) is 28.5 Å². The van der Waals surface area contributed by atoms with Gasteiger partial charge in [-0.2, -0.15) is 0 Å². The third-order valence-electron chi connectivity index (χ3n) is 2.73. The van der Waals surface area contributed by atoms with Gasteiger partial charge in [0.2, 0.25) is 0 Å². The number of halogens is 1. The van der Waals surface area contributed by atoms with Crippen molar-refractivity contribution in [2.24, 2.45) is 0 Å². The number of aryl methyl sites for hydroxylation is 1. The second-order valence-electron chi connectivity index (χ2n) is 4.13. The van der Waals surface area contributed by atoms with E-state index in [2.05, 4.69) is 4.98 Å². The molecule has 0 bridgehead atoms. The van der Waals surface area contributed by atoms with E-state index in [4.69, 9.17) is 16.3 Å². The van der Waals surface area contributed by atoms with Gasteiger partial charge in [-0.3, -0.25) is 0 Å². The fraction of sp³-hybridized carbons (Fsp3) is 0.500. The van der Waals surface area contributed by atoms with E-state index < -0.39 is 0 Å². The number of esters is 1. The van der Waals surface area contributed by atoms with Crippen LogP contribution < -0.4 is 0 Å². The predicted molar refractivity (Wildman–Crippen MR) is 61.7 cm³/mol. The molecule has 0 radical (unpaired) electrons. The highest BCUT2D eigenvalue weighted by atomic mass is 35.5. The Kier molecular flexibility index (Phi) is 3.44. The molecule has 86 valence electrons. The minimum atomic E-state index is -0.292. The third kappa shape index (κ3) is 2.73. The molecule has 2 rings (SSSR count). The van der Waals surface area contributed by atoms with Crippen LogP contribution in [0.2, 0.25) is 5.15 Å². The maximum absolute atomic E-state index is 11.8. The van der Waals surface area contributed by atoms with E-state index in [0.717, 1.165) is 31.4 Å². The maximum atomic E-state index is 11.8. The van der Waals surface area contributed by atoms with Gasteiger partial charge in [0.05, 0.1) is 5.56 Å². The number of aromatic nitrogens is 1. The van der Waals surface area contributed by atoms with Gasteiger partial charge >= 0.3 is 5.97 Å². The summed E-state index contributed by atoms with van der Waals surface area (Å²) >= 11 is 5.79. The molecule has 0 saturated heterocycles. The Hall–Kier alpha value is -1.09. The van der Waals surface area contributed by atoms with Crippen LogP contribution in [0.15, 0.2) is 12.1 Å². The summed E-state index contributed by atoms with van der Waals surface area (Å²) in [7, 11) is 0. The highest BCUT2D eigenvalue weighted by Crippen LogP contribution is 2.22. The normalized spacial score (nSPS) is 16.4. The highest BCUT2D eigenvalue weighted by Gasteiger charge is 2.20. The molecule has 0 N–H and O–H groups in total. The maximum Gasteiger partial charge on any atom is 0.338 e. The van der Waals surface area contributed by atoms with Crippen molar-refractivity contribution >= 4 is 17.6 Å². The molecule has 1 heterocycles. The largest absolute Gasteiger partial charge is 0.459 e. The van der Waals surface area contributed by atoms with E-state index >= 15 is 0 Å². The summed E-state index contributed by atoms with van der Waals surface area (Å²) in [6, 6.07) is 3.25. The molecule has 1 aliphatic carbocycles. The van der Waals surface area contributed by atoms with Crippen molar-refractivity contribution in [3.63, 3.8) is 0 Å². The number of nitrogens with zero attached hydrogens (tertiary/aromatic N) is 1. The van der Waals surface area contributed by atoms with E-state index in [1.54, 1.807) is 19.1 Å². The molecule has 4 heteroatoms. The van der Waals surface area contributed by atoms with Gasteiger partial charge < -0.3 is 4.74 Å². The first-order chi connectivity index (χ1) is 7.65. The quantitative estimate of drug-likeness (QED) is 0.588. The third-order valence-corrected chi connectivity index (χ3v) is 2.93. The molecule has 0 unspecified atom stereocenters. The van der Waals surface area contributed by atoms with Crippen LogP contribution in [-0.2, 0) is 4.74 Å². The number of ether oxygens (including phenoxy) is 1. The van der Waals surface area contributed by atoms with Gasteiger partial charge in [0.1, 0.15) is 11.3 Å². The first-order valence-electron chi connectivity index (χ1n) is 5.50. The fourth-order valence-electron chi connectivity index (χ4n) is 1.97. The molecule has 0 spiro atoms. The Bertz CT molecular complexity index is 380. The van der Waals surface area contributed by atoms with E-state index in [0.29, 0.717) is 10.7 Å². The van der Waals surface area contributed by atoms with Crippen LogP contribution in [0.1, 0.15) is 41.7 Å². The van der Waals surface area contributed by atoms with Gasteiger partial charge in [-0.25, -0.2) is 9.78 Å². The number of rotatable bonds is 2. The smallest absolute Gasteiger partial charge is 0.338 e. The van der Waals surface area contributed by atoms with E-state index in [9.17, 15) is 4.79 Å². The molecule has 1 aliphatic rings. The monoisotopic (exact) mass is 239 g/mol. The predicted octanol–water partition coefficient (Wildman–Crippen LogP) is 3.14. The number of pyridine rings is 1. The van der Waals surface area contributed by atoms with Crippen LogP contribution in [0, 0.1) is 6.92 Å². The lowest BCUT2D eigenvalue weighted by Gasteiger charge is -2.11. The molecule has 16 heavy (non-hydrogen) atoms. The Morgan fingerprint density at radius 1 is 1.44 bits per heavy atom. The molecule has 1 fully saturated rings. The van der Waals surface area contributed by atoms with Gasteiger partial charge in [0.15, 0.2) is 0 Å². The van der Waals surface area contributed by atoms with Crippen LogP contribution in [0.4, 0.5) is 0 Å². The number of carbonyl (C=O) groups is 1. The first kappa shape index (κ1) is 11.4. The summed E-state index contributed by atoms with van der Waals surface area (Å²) in [6.07, 6.45) is 4.33. The Labute approximate surface area is 99.8 Å². The molecule has 0 aliphatic heterocycles. The first-order valence-corrected chi connectivity index (χ1v) is 5.88. The van der Waals surface area contributed by atoms with Crippen molar-refractivity contribution in [3.8, 4) is 0 Å². The second-order valence-corrected chi connectivity index (χ2v) is 4.52. The minimum absolute atomic E-state index is 0.0831. The molecule has 1 aromatic heterocycles. The summed E-state index contributed by atoms with van der Waals surface area (Å²) < 4.78 is 5.38. The van der Waals surface area contributed by atoms with Crippen LogP contribution in [-0.4, -0.2) is 17.1 Å². The van der Waals surface area contributed by atoms with Crippen molar-refractivity contribution in [1.82, 2.24) is 4.98 Å². The molecule has 0 amide bonds. The van der Waals surface area contributed by atoms with Crippen molar-refractivity contribution in [1.29, 1.82) is 0 Å². The highest BCUT2D eigenvalue weighted by molar-refractivity contribution is 6.29. The number of carbonyl (C=O) groups excluding carboxylic acids is 1. The zero-order valence-electron chi connectivity index (χ0n) is 9.20. The van der Waals surface area contributed by atoms with Crippen LogP contribution in [0.3, 0.4) is 0 Å². The van der Waals surface area contributed by atoms with E-state index in [-0.39, 0.29) is 12.1 Å². The van der Waals surface area contributed by atoms with Crippen LogP contribution >= 0.6 is 11.6 Å². The summed E-state index contributed by atoms with van der Waals surface area (Å²) in [5.41, 5.74) is 1.22. The van der Waals surface area contributed by atoms with E-state index in [1.807, 2.05) is 0 Å². The second kappa shape index (κ2) is 4.83. The standard InChI is InChI=1S/C12H14ClNO2/c1-8-6-9(7-11(13)14-8)12(15)16-10-4-2-3-5-10/h6-7,10H,2-5H2,1H3. The van der Waals surface area contributed by atoms with Gasteiger partial charge in [-0.1, -0.05) is 11.6 Å². The number of hydrogen-bond acceptors (Lipinski definition) is 3. The molecular formula is C12H14ClNO2. The van der Waals surface area contributed by atoms with Crippen molar-refractivity contribution in [2.75, 3.05) is 0 Å². The lowest BCUT2D eigenvalue weighted by Crippen LogP contribution is -2.15. The lowest BCUT2D eigenvalue weighted by molar-refractivity contribution is 0.0317. The molecule has 1 aromatic rings. The average Bonchev–Trinajstić information content (AvgIpc) is 2.68. The van der Waals surface area contributed by atoms with Gasteiger partial charge in [0, 0.05) is 5.69 Å². The van der Waals surface area contributed by atoms with E-state index in [1.165, 1.54) is 0 Å². The minimum Gasteiger partial charge on any atom is -0.459 e. The molecule has 0 aromatic carbocycles. The summed E-state index contributed by atoms with van der Waals surface area (Å²) in [5.74, 6) is -0.292. The SMILES string of the molecule is Cc1cc(C(=O)OC2CCCC2)cc(Cl)n1. The number of hydrogen-bond donors (Lipinski definition) is 0. The molecule has 3 nitrogen and oxygen atoms in total. The van der Waals surface area contributed by atoms with Crippen molar-refractivity contribution < 1.29 is 9.53 Å². The average molecular weight is 240 g/mol.